The highest BCUT2D eigenvalue weighted by molar-refractivity contribution is 8.01. The summed E-state index contributed by atoms with van der Waals surface area (Å²) in [5, 5.41) is 1.87. The summed E-state index contributed by atoms with van der Waals surface area (Å²) in [5.74, 6) is -0.602. The van der Waals surface area contributed by atoms with Gasteiger partial charge in [-0.15, -0.1) is 11.8 Å². The largest absolute Gasteiger partial charge is 0.341 e. The lowest BCUT2D eigenvalue weighted by atomic mass is 10.1. The number of carbonyl (C=O) groups excluding carboxylic acids is 2. The summed E-state index contributed by atoms with van der Waals surface area (Å²) >= 11 is 1.17. The molecule has 2 aliphatic rings. The van der Waals surface area contributed by atoms with Crippen LogP contribution >= 0.6 is 11.8 Å². The molecule has 1 saturated heterocycles. The fourth-order valence-electron chi connectivity index (χ4n) is 3.65. The Balaban J connectivity index is 1.56. The number of amides is 2. The molecule has 0 radical (unpaired) electrons. The maximum Gasteiger partial charge on any atom is 0.261 e. The number of benzene rings is 2. The fraction of sp³-hybridized carbons (Fsp3) is 0.333. The van der Waals surface area contributed by atoms with E-state index in [4.69, 9.17) is 0 Å². The van der Waals surface area contributed by atoms with Gasteiger partial charge in [-0.25, -0.2) is 8.42 Å². The van der Waals surface area contributed by atoms with E-state index in [0.29, 0.717) is 29.4 Å². The molecule has 2 N–H and O–H groups in total. The summed E-state index contributed by atoms with van der Waals surface area (Å²) in [4.78, 5) is 27.6. The molecule has 7 nitrogen and oxygen atoms in total. The number of aryl methyl sites for hydroxylation is 2. The van der Waals surface area contributed by atoms with Crippen molar-refractivity contribution in [2.45, 2.75) is 41.7 Å². The summed E-state index contributed by atoms with van der Waals surface area (Å²) in [6, 6.07) is 10.0. The minimum absolute atomic E-state index is 0.0476. The molecule has 0 saturated carbocycles. The number of hydrogen-bond donors (Lipinski definition) is 2. The fourth-order valence-corrected chi connectivity index (χ4v) is 5.86. The lowest BCUT2D eigenvalue weighted by Crippen LogP contribution is -2.43. The Bertz CT molecular complexity index is 1130. The van der Waals surface area contributed by atoms with E-state index in [1.54, 1.807) is 17.0 Å². The maximum absolute atomic E-state index is 12.9. The number of nitrogens with one attached hydrogen (secondary N) is 2. The van der Waals surface area contributed by atoms with E-state index >= 15 is 0 Å². The Morgan fingerprint density at radius 2 is 1.87 bits per heavy atom. The third-order valence-corrected chi connectivity index (χ3v) is 7.89. The first-order chi connectivity index (χ1) is 14.2. The van der Waals surface area contributed by atoms with Crippen molar-refractivity contribution in [1.29, 1.82) is 0 Å². The number of anilines is 2. The van der Waals surface area contributed by atoms with Gasteiger partial charge in [0.05, 0.1) is 16.3 Å². The molecular weight excluding hydrogens is 422 g/mol. The second-order valence-corrected chi connectivity index (χ2v) is 10.4. The molecule has 4 rings (SSSR count). The molecule has 1 atom stereocenters. The van der Waals surface area contributed by atoms with Crippen molar-refractivity contribution in [3.8, 4) is 0 Å². The quantitative estimate of drug-likeness (QED) is 0.705. The van der Waals surface area contributed by atoms with Gasteiger partial charge in [0.2, 0.25) is 11.8 Å². The number of fused-ring (bicyclic) bond motifs is 1. The van der Waals surface area contributed by atoms with Gasteiger partial charge in [-0.05, 0) is 56.5 Å². The molecule has 0 unspecified atom stereocenters. The van der Waals surface area contributed by atoms with Crippen molar-refractivity contribution < 1.29 is 18.0 Å². The Kier molecular flexibility index (Phi) is 5.50. The van der Waals surface area contributed by atoms with Gasteiger partial charge >= 0.3 is 0 Å². The van der Waals surface area contributed by atoms with Crippen LogP contribution in [0.3, 0.4) is 0 Å². The van der Waals surface area contributed by atoms with Crippen molar-refractivity contribution >= 4 is 45.0 Å². The summed E-state index contributed by atoms with van der Waals surface area (Å²) in [6.07, 6.45) is 1.91. The normalized spacial score (nSPS) is 18.7. The molecule has 0 aromatic heterocycles. The van der Waals surface area contributed by atoms with Crippen LogP contribution in [0.15, 0.2) is 46.2 Å². The van der Waals surface area contributed by atoms with Gasteiger partial charge < -0.3 is 10.2 Å². The first kappa shape index (κ1) is 20.7. The lowest BCUT2D eigenvalue weighted by molar-refractivity contribution is -0.133. The average molecular weight is 446 g/mol. The summed E-state index contributed by atoms with van der Waals surface area (Å²) in [7, 11) is -3.83. The summed E-state index contributed by atoms with van der Waals surface area (Å²) < 4.78 is 28.3. The number of carbonyl (C=O) groups is 2. The number of likely N-dealkylation sites (tertiary alicyclic amines) is 1. The Labute approximate surface area is 180 Å². The Hall–Kier alpha value is -2.52. The van der Waals surface area contributed by atoms with E-state index in [1.165, 1.54) is 23.9 Å². The molecule has 1 fully saturated rings. The van der Waals surface area contributed by atoms with E-state index in [9.17, 15) is 18.0 Å². The third kappa shape index (κ3) is 4.04. The van der Waals surface area contributed by atoms with Crippen molar-refractivity contribution in [2.24, 2.45) is 0 Å². The van der Waals surface area contributed by atoms with Gasteiger partial charge in [-0.3, -0.25) is 14.3 Å². The highest BCUT2D eigenvalue weighted by Gasteiger charge is 2.37. The van der Waals surface area contributed by atoms with Crippen LogP contribution in [0, 0.1) is 13.8 Å². The predicted octanol–water partition coefficient (Wildman–Crippen LogP) is 3.14. The van der Waals surface area contributed by atoms with Gasteiger partial charge in [0.25, 0.3) is 10.0 Å². The highest BCUT2D eigenvalue weighted by atomic mass is 32.2. The Morgan fingerprint density at radius 1 is 1.13 bits per heavy atom. The standard InChI is InChI=1S/C21H23N3O4S2/c1-13-5-7-16(14(2)11-13)23-30(27,28)15-6-8-18-17(12-15)22-20(25)19(29-18)21(26)24-9-3-4-10-24/h5-8,11-12,19,23H,3-4,9-10H2,1-2H3,(H,22,25)/t19-/m1/s1. The summed E-state index contributed by atoms with van der Waals surface area (Å²) in [5.41, 5.74) is 2.78. The molecule has 158 valence electrons. The SMILES string of the molecule is Cc1ccc(NS(=O)(=O)c2ccc3c(c2)NC(=O)[C@H](C(=O)N2CCCC2)S3)c(C)c1. The molecule has 0 aliphatic carbocycles. The maximum atomic E-state index is 12.9. The van der Waals surface area contributed by atoms with E-state index < -0.39 is 21.2 Å². The van der Waals surface area contributed by atoms with Crippen LogP contribution in [0.1, 0.15) is 24.0 Å². The Morgan fingerprint density at radius 3 is 2.57 bits per heavy atom. The van der Waals surface area contributed by atoms with Crippen LogP contribution < -0.4 is 10.0 Å². The first-order valence-electron chi connectivity index (χ1n) is 9.75. The van der Waals surface area contributed by atoms with E-state index in [-0.39, 0.29) is 10.8 Å². The second-order valence-electron chi connectivity index (χ2n) is 7.60. The van der Waals surface area contributed by atoms with Crippen LogP contribution in [-0.2, 0) is 19.6 Å². The van der Waals surface area contributed by atoms with E-state index in [1.807, 2.05) is 26.0 Å². The van der Waals surface area contributed by atoms with Crippen molar-refractivity contribution in [3.63, 3.8) is 0 Å². The molecule has 30 heavy (non-hydrogen) atoms. The van der Waals surface area contributed by atoms with Crippen molar-refractivity contribution in [3.05, 3.63) is 47.5 Å². The molecular formula is C21H23N3O4S2. The molecule has 0 bridgehead atoms. The number of rotatable bonds is 4. The zero-order valence-corrected chi connectivity index (χ0v) is 18.4. The average Bonchev–Trinajstić information content (AvgIpc) is 3.23. The number of nitrogens with zero attached hydrogens (tertiary/aromatic N) is 1. The van der Waals surface area contributed by atoms with Crippen molar-refractivity contribution in [2.75, 3.05) is 23.1 Å². The van der Waals surface area contributed by atoms with E-state index in [0.717, 1.165) is 24.0 Å². The van der Waals surface area contributed by atoms with Gasteiger partial charge in [-0.1, -0.05) is 17.7 Å². The van der Waals surface area contributed by atoms with E-state index in [2.05, 4.69) is 10.0 Å². The predicted molar refractivity (Wildman–Crippen MR) is 117 cm³/mol. The van der Waals surface area contributed by atoms with Crippen molar-refractivity contribution in [1.82, 2.24) is 4.90 Å². The zero-order valence-electron chi connectivity index (χ0n) is 16.8. The molecule has 2 aromatic carbocycles. The zero-order chi connectivity index (χ0) is 21.5. The lowest BCUT2D eigenvalue weighted by Gasteiger charge is -2.27. The molecule has 2 aliphatic heterocycles. The van der Waals surface area contributed by atoms with Gasteiger partial charge in [0, 0.05) is 18.0 Å². The third-order valence-electron chi connectivity index (χ3n) is 5.27. The number of hydrogen-bond acceptors (Lipinski definition) is 5. The van der Waals surface area contributed by atoms with Gasteiger partial charge in [-0.2, -0.15) is 0 Å². The monoisotopic (exact) mass is 445 g/mol. The molecule has 2 aromatic rings. The van der Waals surface area contributed by atoms with Crippen LogP contribution in [0.4, 0.5) is 11.4 Å². The molecule has 2 heterocycles. The van der Waals surface area contributed by atoms with Gasteiger partial charge in [0.1, 0.15) is 0 Å². The number of sulfonamides is 1. The molecule has 9 heteroatoms. The second kappa shape index (κ2) is 7.96. The molecule has 0 spiro atoms. The minimum atomic E-state index is -3.83. The topological polar surface area (TPSA) is 95.6 Å². The summed E-state index contributed by atoms with van der Waals surface area (Å²) in [6.45, 7) is 5.14. The van der Waals surface area contributed by atoms with Crippen LogP contribution in [0.25, 0.3) is 0 Å². The molecule has 2 amide bonds. The number of thioether (sulfide) groups is 1. The van der Waals surface area contributed by atoms with Crippen LogP contribution in [0.5, 0.6) is 0 Å². The van der Waals surface area contributed by atoms with Gasteiger partial charge in [0.15, 0.2) is 5.25 Å². The first-order valence-corrected chi connectivity index (χ1v) is 12.1. The highest BCUT2D eigenvalue weighted by Crippen LogP contribution is 2.38. The van der Waals surface area contributed by atoms with Crippen LogP contribution in [-0.4, -0.2) is 43.5 Å². The minimum Gasteiger partial charge on any atom is -0.341 e. The van der Waals surface area contributed by atoms with Crippen LogP contribution in [0.2, 0.25) is 0 Å². The smallest absolute Gasteiger partial charge is 0.261 e.